The summed E-state index contributed by atoms with van der Waals surface area (Å²) in [6, 6.07) is 32.2. The molecule has 0 aliphatic carbocycles. The average Bonchev–Trinajstić information content (AvgIpc) is 3.28. The van der Waals surface area contributed by atoms with Crippen molar-refractivity contribution in [2.24, 2.45) is 0 Å². The highest BCUT2D eigenvalue weighted by Crippen LogP contribution is 2.34. The van der Waals surface area contributed by atoms with Gasteiger partial charge in [-0.15, -0.1) is 0 Å². The van der Waals surface area contributed by atoms with Crippen molar-refractivity contribution < 1.29 is 9.53 Å². The number of ether oxygens (including phenoxy) is 1. The molecule has 5 rings (SSSR count). The van der Waals surface area contributed by atoms with Crippen molar-refractivity contribution in [3.63, 3.8) is 0 Å². The summed E-state index contributed by atoms with van der Waals surface area (Å²) in [6.07, 6.45) is 1.76. The Morgan fingerprint density at radius 3 is 2.30 bits per heavy atom. The molecule has 0 bridgehead atoms. The lowest BCUT2D eigenvalue weighted by Crippen LogP contribution is -2.36. The molecule has 1 atom stereocenters. The van der Waals surface area contributed by atoms with Gasteiger partial charge in [0.2, 0.25) is 5.88 Å². The zero-order valence-corrected chi connectivity index (χ0v) is 21.1. The molecule has 2 heterocycles. The summed E-state index contributed by atoms with van der Waals surface area (Å²) in [5.41, 5.74) is 5.75. The Balaban J connectivity index is 1.37. The summed E-state index contributed by atoms with van der Waals surface area (Å²) in [4.78, 5) is 17.5. The van der Waals surface area contributed by atoms with Crippen LogP contribution in [0.1, 0.15) is 24.6 Å². The Hall–Kier alpha value is -4.45. The molecule has 0 radical (unpaired) electrons. The SMILES string of the molecule is Cc1nn(-c2ccccc2)c2nc(OCC(=O)N[C@H](C)CCc3ccccc3)cc(-c3ccccc3)c12. The summed E-state index contributed by atoms with van der Waals surface area (Å²) >= 11 is 0. The van der Waals surface area contributed by atoms with Crippen molar-refractivity contribution in [2.75, 3.05) is 6.61 Å². The number of pyridine rings is 1. The van der Waals surface area contributed by atoms with E-state index in [2.05, 4.69) is 29.6 Å². The summed E-state index contributed by atoms with van der Waals surface area (Å²) in [7, 11) is 0. The van der Waals surface area contributed by atoms with Gasteiger partial charge in [0, 0.05) is 12.1 Å². The molecule has 1 amide bonds. The number of carbonyl (C=O) groups is 1. The summed E-state index contributed by atoms with van der Waals surface area (Å²) in [5, 5.41) is 8.78. The van der Waals surface area contributed by atoms with Crippen molar-refractivity contribution in [3.05, 3.63) is 108 Å². The van der Waals surface area contributed by atoms with Gasteiger partial charge >= 0.3 is 0 Å². The Morgan fingerprint density at radius 1 is 0.946 bits per heavy atom. The smallest absolute Gasteiger partial charge is 0.258 e. The van der Waals surface area contributed by atoms with E-state index in [1.54, 1.807) is 0 Å². The second kappa shape index (κ2) is 11.1. The van der Waals surface area contributed by atoms with Gasteiger partial charge in [-0.3, -0.25) is 4.79 Å². The Morgan fingerprint density at radius 2 is 1.59 bits per heavy atom. The molecule has 0 unspecified atom stereocenters. The van der Waals surface area contributed by atoms with Crippen LogP contribution in [0.2, 0.25) is 0 Å². The molecular formula is C31H30N4O2. The molecule has 0 aliphatic rings. The van der Waals surface area contributed by atoms with E-state index in [1.165, 1.54) is 5.56 Å². The van der Waals surface area contributed by atoms with E-state index in [0.717, 1.165) is 40.7 Å². The van der Waals surface area contributed by atoms with Gasteiger partial charge < -0.3 is 10.1 Å². The Kier molecular flexibility index (Phi) is 7.26. The number of benzene rings is 3. The number of nitrogens with zero attached hydrogens (tertiary/aromatic N) is 3. The second-order valence-electron chi connectivity index (χ2n) is 9.19. The van der Waals surface area contributed by atoms with Gasteiger partial charge in [0.1, 0.15) is 0 Å². The molecule has 3 aromatic carbocycles. The van der Waals surface area contributed by atoms with Crippen LogP contribution < -0.4 is 10.1 Å². The molecule has 1 N–H and O–H groups in total. The quantitative estimate of drug-likeness (QED) is 0.279. The predicted octanol–water partition coefficient (Wildman–Crippen LogP) is 5.91. The number of para-hydroxylation sites is 1. The lowest BCUT2D eigenvalue weighted by atomic mass is 10.0. The number of carbonyl (C=O) groups excluding carboxylic acids is 1. The maximum Gasteiger partial charge on any atom is 0.258 e. The molecule has 37 heavy (non-hydrogen) atoms. The van der Waals surface area contributed by atoms with E-state index < -0.39 is 0 Å². The van der Waals surface area contributed by atoms with Crippen LogP contribution in [0, 0.1) is 6.92 Å². The number of aryl methyl sites for hydroxylation is 2. The van der Waals surface area contributed by atoms with E-state index >= 15 is 0 Å². The summed E-state index contributed by atoms with van der Waals surface area (Å²) < 4.78 is 7.77. The largest absolute Gasteiger partial charge is 0.467 e. The fraction of sp³-hybridized carbons (Fsp3) is 0.194. The predicted molar refractivity (Wildman–Crippen MR) is 147 cm³/mol. The van der Waals surface area contributed by atoms with Gasteiger partial charge in [-0.05, 0) is 55.5 Å². The summed E-state index contributed by atoms with van der Waals surface area (Å²) in [5.74, 6) is 0.215. The third-order valence-corrected chi connectivity index (χ3v) is 6.34. The monoisotopic (exact) mass is 490 g/mol. The minimum Gasteiger partial charge on any atom is -0.467 e. The van der Waals surface area contributed by atoms with Gasteiger partial charge in [0.15, 0.2) is 12.3 Å². The van der Waals surface area contributed by atoms with Gasteiger partial charge in [-0.25, -0.2) is 4.68 Å². The highest BCUT2D eigenvalue weighted by molar-refractivity contribution is 5.96. The standard InChI is InChI=1S/C31H30N4O2/c1-22(18-19-24-12-6-3-7-13-24)32-28(36)21-37-29-20-27(25-14-8-4-9-15-25)30-23(2)34-35(31(30)33-29)26-16-10-5-11-17-26/h3-17,20,22H,18-19,21H2,1-2H3,(H,32,36)/t22-/m1/s1. The highest BCUT2D eigenvalue weighted by atomic mass is 16.5. The minimum absolute atomic E-state index is 0.0359. The second-order valence-corrected chi connectivity index (χ2v) is 9.19. The van der Waals surface area contributed by atoms with Crippen LogP contribution in [0.5, 0.6) is 5.88 Å². The molecular weight excluding hydrogens is 460 g/mol. The van der Waals surface area contributed by atoms with Gasteiger partial charge in [0.25, 0.3) is 5.91 Å². The van der Waals surface area contributed by atoms with Crippen LogP contribution in [0.25, 0.3) is 27.8 Å². The zero-order chi connectivity index (χ0) is 25.6. The van der Waals surface area contributed by atoms with Crippen molar-refractivity contribution in [1.29, 1.82) is 0 Å². The number of nitrogens with one attached hydrogen (secondary N) is 1. The fourth-order valence-corrected chi connectivity index (χ4v) is 4.49. The molecule has 0 saturated carbocycles. The first-order valence-electron chi connectivity index (χ1n) is 12.6. The number of aromatic nitrogens is 3. The third kappa shape index (κ3) is 5.70. The zero-order valence-electron chi connectivity index (χ0n) is 21.1. The first-order valence-corrected chi connectivity index (χ1v) is 12.6. The lowest BCUT2D eigenvalue weighted by Gasteiger charge is -2.15. The van der Waals surface area contributed by atoms with Crippen molar-refractivity contribution in [1.82, 2.24) is 20.1 Å². The van der Waals surface area contributed by atoms with Crippen molar-refractivity contribution in [2.45, 2.75) is 32.7 Å². The Bertz CT molecular complexity index is 1480. The lowest BCUT2D eigenvalue weighted by molar-refractivity contribution is -0.123. The van der Waals surface area contributed by atoms with Crippen molar-refractivity contribution in [3.8, 4) is 22.7 Å². The van der Waals surface area contributed by atoms with E-state index in [4.69, 9.17) is 14.8 Å². The van der Waals surface area contributed by atoms with E-state index in [1.807, 2.05) is 91.3 Å². The summed E-state index contributed by atoms with van der Waals surface area (Å²) in [6.45, 7) is 3.89. The van der Waals surface area contributed by atoms with Crippen LogP contribution >= 0.6 is 0 Å². The highest BCUT2D eigenvalue weighted by Gasteiger charge is 2.18. The van der Waals surface area contributed by atoms with Gasteiger partial charge in [0.05, 0.1) is 16.8 Å². The van der Waals surface area contributed by atoms with Gasteiger partial charge in [-0.2, -0.15) is 10.1 Å². The van der Waals surface area contributed by atoms with Crippen LogP contribution in [0.15, 0.2) is 97.1 Å². The average molecular weight is 491 g/mol. The van der Waals surface area contributed by atoms with E-state index in [-0.39, 0.29) is 18.6 Å². The van der Waals surface area contributed by atoms with Crippen LogP contribution in [0.3, 0.4) is 0 Å². The molecule has 6 nitrogen and oxygen atoms in total. The molecule has 6 heteroatoms. The molecule has 0 spiro atoms. The molecule has 5 aromatic rings. The first kappa shape index (κ1) is 24.3. The third-order valence-electron chi connectivity index (χ3n) is 6.34. The number of fused-ring (bicyclic) bond motifs is 1. The first-order chi connectivity index (χ1) is 18.1. The van der Waals surface area contributed by atoms with Crippen LogP contribution in [-0.4, -0.2) is 33.3 Å². The number of hydrogen-bond acceptors (Lipinski definition) is 4. The maximum atomic E-state index is 12.7. The minimum atomic E-state index is -0.170. The van der Waals surface area contributed by atoms with Crippen LogP contribution in [-0.2, 0) is 11.2 Å². The molecule has 186 valence electrons. The normalized spacial score (nSPS) is 11.8. The van der Waals surface area contributed by atoms with Crippen LogP contribution in [0.4, 0.5) is 0 Å². The number of amides is 1. The molecule has 0 fully saturated rings. The number of hydrogen-bond donors (Lipinski definition) is 1. The molecule has 0 saturated heterocycles. The Labute approximate surface area is 216 Å². The molecule has 2 aromatic heterocycles. The topological polar surface area (TPSA) is 69.0 Å². The number of rotatable bonds is 9. The van der Waals surface area contributed by atoms with E-state index in [9.17, 15) is 4.79 Å². The molecule has 0 aliphatic heterocycles. The van der Waals surface area contributed by atoms with E-state index in [0.29, 0.717) is 11.5 Å². The maximum absolute atomic E-state index is 12.7. The van der Waals surface area contributed by atoms with Crippen molar-refractivity contribution >= 4 is 16.9 Å². The van der Waals surface area contributed by atoms with Gasteiger partial charge in [-0.1, -0.05) is 78.9 Å². The fourth-order valence-electron chi connectivity index (χ4n) is 4.49.